The Labute approximate surface area is 194 Å². The highest BCUT2D eigenvalue weighted by Gasteiger charge is 2.17. The van der Waals surface area contributed by atoms with Crippen LogP contribution in [0.3, 0.4) is 0 Å². The van der Waals surface area contributed by atoms with Crippen molar-refractivity contribution in [3.8, 4) is 0 Å². The average molecular weight is 471 g/mol. The molecule has 0 saturated heterocycles. The standard InChI is InChI=1S/C24H30N4O4S/c1-33(31,32)28-24(26-20-10-2-3-11-20)27-21-12-6-8-18(16-21)22(13-4-5-14-23(29)30)19-9-7-15-25-17-19/h6-9,12-13,15-17,20H,2-5,10-11,14H2,1H3,(H,29,30)(H2,26,27,28). The summed E-state index contributed by atoms with van der Waals surface area (Å²) in [6, 6.07) is 11.5. The van der Waals surface area contributed by atoms with Crippen LogP contribution in [0.4, 0.5) is 5.69 Å². The van der Waals surface area contributed by atoms with Gasteiger partial charge in [0.25, 0.3) is 0 Å². The van der Waals surface area contributed by atoms with E-state index in [4.69, 9.17) is 5.11 Å². The van der Waals surface area contributed by atoms with Gasteiger partial charge in [0.2, 0.25) is 16.0 Å². The summed E-state index contributed by atoms with van der Waals surface area (Å²) in [5, 5.41) is 12.0. The van der Waals surface area contributed by atoms with Gasteiger partial charge < -0.3 is 10.4 Å². The third kappa shape index (κ3) is 8.34. The lowest BCUT2D eigenvalue weighted by Crippen LogP contribution is -2.36. The Morgan fingerprint density at radius 3 is 2.64 bits per heavy atom. The number of aliphatic imine (C=N–C) groups is 1. The molecular weight excluding hydrogens is 440 g/mol. The lowest BCUT2D eigenvalue weighted by atomic mass is 9.97. The highest BCUT2D eigenvalue weighted by atomic mass is 32.2. The van der Waals surface area contributed by atoms with E-state index in [9.17, 15) is 13.2 Å². The molecule has 176 valence electrons. The number of guanidine groups is 1. The molecule has 2 aromatic rings. The third-order valence-corrected chi connectivity index (χ3v) is 5.83. The minimum atomic E-state index is -3.49. The van der Waals surface area contributed by atoms with Crippen LogP contribution in [-0.4, -0.2) is 42.7 Å². The molecule has 1 aromatic carbocycles. The number of pyridine rings is 1. The van der Waals surface area contributed by atoms with Gasteiger partial charge in [0.15, 0.2) is 0 Å². The van der Waals surface area contributed by atoms with Gasteiger partial charge in [-0.2, -0.15) is 0 Å². The van der Waals surface area contributed by atoms with Crippen molar-refractivity contribution in [2.75, 3.05) is 11.6 Å². The summed E-state index contributed by atoms with van der Waals surface area (Å²) in [5.41, 5.74) is 3.45. The first-order chi connectivity index (χ1) is 15.8. The van der Waals surface area contributed by atoms with E-state index in [1.807, 2.05) is 42.5 Å². The van der Waals surface area contributed by atoms with Crippen LogP contribution in [-0.2, 0) is 14.8 Å². The molecule has 1 fully saturated rings. The third-order valence-electron chi connectivity index (χ3n) is 5.27. The molecule has 0 spiro atoms. The number of hydrogen-bond acceptors (Lipinski definition) is 5. The summed E-state index contributed by atoms with van der Waals surface area (Å²) in [7, 11) is -3.49. The van der Waals surface area contributed by atoms with Crippen LogP contribution in [0.5, 0.6) is 0 Å². The Balaban J connectivity index is 1.87. The lowest BCUT2D eigenvalue weighted by molar-refractivity contribution is -0.137. The minimum Gasteiger partial charge on any atom is -0.481 e. The number of nitrogens with zero attached hydrogens (tertiary/aromatic N) is 2. The number of aromatic nitrogens is 1. The molecule has 1 aliphatic rings. The van der Waals surface area contributed by atoms with Gasteiger partial charge in [-0.05, 0) is 55.0 Å². The van der Waals surface area contributed by atoms with Crippen LogP contribution in [0.15, 0.2) is 59.9 Å². The number of nitrogens with one attached hydrogen (secondary N) is 2. The highest BCUT2D eigenvalue weighted by Crippen LogP contribution is 2.26. The van der Waals surface area contributed by atoms with E-state index in [0.29, 0.717) is 18.5 Å². The maximum Gasteiger partial charge on any atom is 0.303 e. The van der Waals surface area contributed by atoms with Crippen LogP contribution in [0, 0.1) is 0 Å². The summed E-state index contributed by atoms with van der Waals surface area (Å²) in [6.07, 6.45) is 11.9. The van der Waals surface area contributed by atoms with E-state index in [1.165, 1.54) is 0 Å². The van der Waals surface area contributed by atoms with Crippen LogP contribution in [0.1, 0.15) is 56.1 Å². The predicted molar refractivity (Wildman–Crippen MR) is 131 cm³/mol. The van der Waals surface area contributed by atoms with Gasteiger partial charge in [-0.25, -0.2) is 13.4 Å². The molecule has 3 N–H and O–H groups in total. The van der Waals surface area contributed by atoms with E-state index in [0.717, 1.165) is 48.6 Å². The number of anilines is 1. The second-order valence-corrected chi connectivity index (χ2v) is 9.89. The molecule has 1 heterocycles. The quantitative estimate of drug-likeness (QED) is 0.289. The summed E-state index contributed by atoms with van der Waals surface area (Å²) >= 11 is 0. The Morgan fingerprint density at radius 2 is 1.97 bits per heavy atom. The molecule has 1 saturated carbocycles. The van der Waals surface area contributed by atoms with Gasteiger partial charge in [0, 0.05) is 30.1 Å². The second kappa shape index (κ2) is 11.6. The van der Waals surface area contributed by atoms with Crippen molar-refractivity contribution in [1.82, 2.24) is 9.71 Å². The number of aliphatic carboxylic acids is 1. The Morgan fingerprint density at radius 1 is 1.21 bits per heavy atom. The molecule has 9 heteroatoms. The monoisotopic (exact) mass is 470 g/mol. The fraction of sp³-hybridized carbons (Fsp3) is 0.375. The molecule has 1 aromatic heterocycles. The first kappa shape index (κ1) is 24.4. The van der Waals surface area contributed by atoms with Crippen LogP contribution in [0.2, 0.25) is 0 Å². The van der Waals surface area contributed by atoms with Crippen molar-refractivity contribution in [1.29, 1.82) is 0 Å². The molecule has 3 rings (SSSR count). The van der Waals surface area contributed by atoms with E-state index >= 15 is 0 Å². The van der Waals surface area contributed by atoms with Gasteiger partial charge in [-0.1, -0.05) is 37.1 Å². The smallest absolute Gasteiger partial charge is 0.303 e. The Bertz CT molecular complexity index is 1110. The maximum atomic E-state index is 11.9. The lowest BCUT2D eigenvalue weighted by Gasteiger charge is -2.15. The van der Waals surface area contributed by atoms with Gasteiger partial charge in [-0.3, -0.25) is 14.5 Å². The Kier molecular flexibility index (Phi) is 8.59. The molecule has 1 aliphatic carbocycles. The van der Waals surface area contributed by atoms with Gasteiger partial charge >= 0.3 is 5.97 Å². The zero-order chi connectivity index (χ0) is 23.7. The van der Waals surface area contributed by atoms with Gasteiger partial charge in [0.05, 0.1) is 12.3 Å². The summed E-state index contributed by atoms with van der Waals surface area (Å²) in [5.74, 6) is -0.597. The largest absolute Gasteiger partial charge is 0.481 e. The first-order valence-electron chi connectivity index (χ1n) is 11.1. The van der Waals surface area contributed by atoms with E-state index < -0.39 is 16.0 Å². The number of carboxylic acids is 1. The van der Waals surface area contributed by atoms with E-state index in [2.05, 4.69) is 20.0 Å². The molecule has 33 heavy (non-hydrogen) atoms. The molecule has 0 amide bonds. The molecule has 0 aliphatic heterocycles. The number of sulfonamides is 1. The van der Waals surface area contributed by atoms with Gasteiger partial charge in [-0.15, -0.1) is 0 Å². The second-order valence-electron chi connectivity index (χ2n) is 8.14. The SMILES string of the molecule is CS(=O)(=O)NC(=NC1CCCC1)Nc1cccc(C(=CCCCC(=O)O)c2cccnc2)c1. The molecule has 8 nitrogen and oxygen atoms in total. The van der Waals surface area contributed by atoms with Crippen molar-refractivity contribution in [2.45, 2.75) is 51.0 Å². The zero-order valence-corrected chi connectivity index (χ0v) is 19.5. The number of carboxylic acid groups (broad SMARTS) is 1. The summed E-state index contributed by atoms with van der Waals surface area (Å²) in [4.78, 5) is 19.7. The number of benzene rings is 1. The van der Waals surface area contributed by atoms with Crippen molar-refractivity contribution in [3.63, 3.8) is 0 Å². The van der Waals surface area contributed by atoms with Crippen molar-refractivity contribution >= 4 is 33.2 Å². The van der Waals surface area contributed by atoms with Crippen molar-refractivity contribution < 1.29 is 18.3 Å². The summed E-state index contributed by atoms with van der Waals surface area (Å²) < 4.78 is 26.2. The molecule has 0 atom stereocenters. The number of allylic oxidation sites excluding steroid dienone is 1. The maximum absolute atomic E-state index is 11.9. The van der Waals surface area contributed by atoms with Gasteiger partial charge in [0.1, 0.15) is 0 Å². The fourth-order valence-electron chi connectivity index (χ4n) is 3.80. The zero-order valence-electron chi connectivity index (χ0n) is 18.7. The predicted octanol–water partition coefficient (Wildman–Crippen LogP) is 4.03. The van der Waals surface area contributed by atoms with E-state index in [1.54, 1.807) is 12.4 Å². The number of hydrogen-bond donors (Lipinski definition) is 3. The first-order valence-corrected chi connectivity index (χ1v) is 12.9. The van der Waals surface area contributed by atoms with E-state index in [-0.39, 0.29) is 18.4 Å². The normalized spacial score (nSPS) is 15.4. The van der Waals surface area contributed by atoms with Crippen LogP contribution in [0.25, 0.3) is 5.57 Å². The number of unbranched alkanes of at least 4 members (excludes halogenated alkanes) is 1. The highest BCUT2D eigenvalue weighted by molar-refractivity contribution is 7.89. The molecule has 0 bridgehead atoms. The molecule has 0 radical (unpaired) electrons. The Hall–Kier alpha value is -3.20. The number of rotatable bonds is 9. The van der Waals surface area contributed by atoms with Crippen LogP contribution < -0.4 is 10.0 Å². The topological polar surface area (TPSA) is 121 Å². The van der Waals surface area contributed by atoms with Crippen molar-refractivity contribution in [3.05, 3.63) is 66.0 Å². The fourth-order valence-corrected chi connectivity index (χ4v) is 4.26. The average Bonchev–Trinajstić information content (AvgIpc) is 3.26. The molecular formula is C24H30N4O4S. The minimum absolute atomic E-state index is 0.102. The summed E-state index contributed by atoms with van der Waals surface area (Å²) in [6.45, 7) is 0. The number of carbonyl (C=O) groups is 1. The van der Waals surface area contributed by atoms with Crippen LogP contribution >= 0.6 is 0 Å². The molecule has 0 unspecified atom stereocenters. The van der Waals surface area contributed by atoms with Crippen molar-refractivity contribution in [2.24, 2.45) is 4.99 Å².